The molecule has 0 aliphatic heterocycles. The number of ketones is 2. The molecular weight excluding hydrogens is 484 g/mol. The van der Waals surface area contributed by atoms with Crippen LogP contribution in [0.4, 0.5) is 11.4 Å². The maximum Gasteiger partial charge on any atom is 0.303 e. The molecule has 2 aliphatic rings. The van der Waals surface area contributed by atoms with Crippen molar-refractivity contribution in [3.05, 3.63) is 94.5 Å². The second-order valence-electron chi connectivity index (χ2n) is 9.94. The summed E-state index contributed by atoms with van der Waals surface area (Å²) >= 11 is 0. The van der Waals surface area contributed by atoms with Gasteiger partial charge in [0.15, 0.2) is 11.6 Å². The molecule has 0 heterocycles. The van der Waals surface area contributed by atoms with Gasteiger partial charge in [-0.3, -0.25) is 24.0 Å². The number of carboxylic acids is 1. The first-order valence-corrected chi connectivity index (χ1v) is 12.5. The molecule has 5 rings (SSSR count). The average Bonchev–Trinajstić information content (AvgIpc) is 3.34. The molecule has 8 nitrogen and oxygen atoms in total. The van der Waals surface area contributed by atoms with Crippen molar-refractivity contribution in [2.45, 2.75) is 38.5 Å². The molecule has 3 aromatic carbocycles. The number of hydrogen-bond acceptors (Lipinski definition) is 5. The van der Waals surface area contributed by atoms with Crippen LogP contribution in [0.2, 0.25) is 0 Å². The third-order valence-electron chi connectivity index (χ3n) is 7.36. The zero-order valence-electron chi connectivity index (χ0n) is 20.6. The van der Waals surface area contributed by atoms with Crippen LogP contribution in [0.1, 0.15) is 80.7 Å². The Morgan fingerprint density at radius 3 is 1.82 bits per heavy atom. The lowest BCUT2D eigenvalue weighted by Gasteiger charge is -2.27. The van der Waals surface area contributed by atoms with E-state index in [0.717, 1.165) is 12.8 Å². The number of nitrogens with one attached hydrogen (secondary N) is 2. The van der Waals surface area contributed by atoms with Crippen LogP contribution in [0.3, 0.4) is 0 Å². The lowest BCUT2D eigenvalue weighted by Crippen LogP contribution is -2.29. The average molecular weight is 511 g/mol. The van der Waals surface area contributed by atoms with E-state index in [2.05, 4.69) is 10.6 Å². The van der Waals surface area contributed by atoms with Crippen LogP contribution in [-0.2, 0) is 9.59 Å². The molecule has 8 heteroatoms. The molecule has 38 heavy (non-hydrogen) atoms. The summed E-state index contributed by atoms with van der Waals surface area (Å²) in [5.41, 5.74) is 0.686. The Morgan fingerprint density at radius 2 is 1.26 bits per heavy atom. The Kier molecular flexibility index (Phi) is 6.63. The number of carboxylic acid groups (broad SMARTS) is 1. The number of hydrogen-bond donors (Lipinski definition) is 3. The third kappa shape index (κ3) is 4.72. The fourth-order valence-corrected chi connectivity index (χ4v) is 5.63. The summed E-state index contributed by atoms with van der Waals surface area (Å²) in [6.07, 6.45) is 2.99. The molecule has 1 saturated carbocycles. The van der Waals surface area contributed by atoms with Crippen LogP contribution in [0.25, 0.3) is 0 Å². The van der Waals surface area contributed by atoms with E-state index in [1.807, 2.05) is 0 Å². The zero-order valence-corrected chi connectivity index (χ0v) is 20.6. The Bertz CT molecular complexity index is 1470. The summed E-state index contributed by atoms with van der Waals surface area (Å²) in [6, 6.07) is 17.9. The predicted octanol–water partition coefficient (Wildman–Crippen LogP) is 5.08. The topological polar surface area (TPSA) is 130 Å². The molecule has 2 amide bonds. The van der Waals surface area contributed by atoms with Crippen molar-refractivity contribution in [1.82, 2.24) is 0 Å². The molecular formula is C30H26N2O6. The number of rotatable bonds is 7. The fourth-order valence-electron chi connectivity index (χ4n) is 5.63. The van der Waals surface area contributed by atoms with Crippen molar-refractivity contribution >= 4 is 40.7 Å². The van der Waals surface area contributed by atoms with E-state index >= 15 is 0 Å². The van der Waals surface area contributed by atoms with E-state index in [1.165, 1.54) is 12.1 Å². The molecule has 0 saturated heterocycles. The fraction of sp³-hybridized carbons (Fsp3) is 0.233. The van der Waals surface area contributed by atoms with Gasteiger partial charge in [0, 0.05) is 23.1 Å². The van der Waals surface area contributed by atoms with E-state index in [9.17, 15) is 29.1 Å². The summed E-state index contributed by atoms with van der Waals surface area (Å²) < 4.78 is 0. The smallest absolute Gasteiger partial charge is 0.303 e. The maximum atomic E-state index is 13.6. The summed E-state index contributed by atoms with van der Waals surface area (Å²) in [7, 11) is 0. The van der Waals surface area contributed by atoms with Gasteiger partial charge in [-0.15, -0.1) is 0 Å². The van der Waals surface area contributed by atoms with Gasteiger partial charge in [0.25, 0.3) is 5.91 Å². The van der Waals surface area contributed by atoms with Gasteiger partial charge >= 0.3 is 5.97 Å². The Balaban J connectivity index is 1.43. The number of benzene rings is 3. The van der Waals surface area contributed by atoms with Crippen molar-refractivity contribution in [3.63, 3.8) is 0 Å². The van der Waals surface area contributed by atoms with Gasteiger partial charge in [0.1, 0.15) is 0 Å². The Labute approximate surface area is 219 Å². The van der Waals surface area contributed by atoms with E-state index in [1.54, 1.807) is 54.6 Å². The first-order valence-electron chi connectivity index (χ1n) is 12.5. The second-order valence-corrected chi connectivity index (χ2v) is 9.94. The minimum Gasteiger partial charge on any atom is -0.481 e. The van der Waals surface area contributed by atoms with Crippen molar-refractivity contribution in [3.8, 4) is 0 Å². The first kappa shape index (κ1) is 25.1. The summed E-state index contributed by atoms with van der Waals surface area (Å²) in [4.78, 5) is 64.4. The summed E-state index contributed by atoms with van der Waals surface area (Å²) in [6.45, 7) is 0. The molecule has 0 aromatic heterocycles. The van der Waals surface area contributed by atoms with Crippen LogP contribution >= 0.6 is 0 Å². The maximum absolute atomic E-state index is 13.6. The minimum absolute atomic E-state index is 0.0252. The van der Waals surface area contributed by atoms with Gasteiger partial charge < -0.3 is 15.7 Å². The van der Waals surface area contributed by atoms with Gasteiger partial charge in [0.05, 0.1) is 28.9 Å². The summed E-state index contributed by atoms with van der Waals surface area (Å²) in [5, 5.41) is 14.9. The third-order valence-corrected chi connectivity index (χ3v) is 7.36. The standard InChI is InChI=1S/C30H26N2O6/c33-23(16-30(17-24(34)35)14-4-5-15-30)31-21-12-6-10-19-25(21)27(36)20-11-7-13-22(26(20)28(19)37)32-29(38)18-8-2-1-3-9-18/h1-3,6-13H,4-5,14-17H2,(H,31,33)(H,32,38)(H,34,35). The van der Waals surface area contributed by atoms with Crippen LogP contribution in [0, 0.1) is 5.41 Å². The van der Waals surface area contributed by atoms with Crippen LogP contribution in [0.15, 0.2) is 66.7 Å². The highest BCUT2D eigenvalue weighted by Gasteiger charge is 2.39. The minimum atomic E-state index is -0.940. The number of carbonyl (C=O) groups excluding carboxylic acids is 4. The lowest BCUT2D eigenvalue weighted by molar-refractivity contribution is -0.140. The van der Waals surface area contributed by atoms with E-state index < -0.39 is 34.8 Å². The van der Waals surface area contributed by atoms with Gasteiger partial charge in [-0.25, -0.2) is 0 Å². The van der Waals surface area contributed by atoms with Crippen LogP contribution < -0.4 is 10.6 Å². The van der Waals surface area contributed by atoms with Crippen molar-refractivity contribution < 1.29 is 29.1 Å². The zero-order chi connectivity index (χ0) is 26.9. The number of fused-ring (bicyclic) bond motifs is 2. The largest absolute Gasteiger partial charge is 0.481 e. The van der Waals surface area contributed by atoms with Crippen LogP contribution in [-0.4, -0.2) is 34.5 Å². The molecule has 3 N–H and O–H groups in total. The Morgan fingerprint density at radius 1 is 0.711 bits per heavy atom. The molecule has 192 valence electrons. The number of aliphatic carboxylic acids is 1. The van der Waals surface area contributed by atoms with Gasteiger partial charge in [-0.2, -0.15) is 0 Å². The van der Waals surface area contributed by atoms with Gasteiger partial charge in [-0.1, -0.05) is 55.3 Å². The molecule has 0 unspecified atom stereocenters. The molecule has 0 atom stereocenters. The highest BCUT2D eigenvalue weighted by Crippen LogP contribution is 2.44. The summed E-state index contributed by atoms with van der Waals surface area (Å²) in [5.74, 6) is -2.62. The number of amides is 2. The molecule has 3 aromatic rings. The van der Waals surface area contributed by atoms with E-state index in [0.29, 0.717) is 18.4 Å². The number of carbonyl (C=O) groups is 5. The van der Waals surface area contributed by atoms with Crippen molar-refractivity contribution in [2.24, 2.45) is 5.41 Å². The quantitative estimate of drug-likeness (QED) is 0.318. The monoisotopic (exact) mass is 510 g/mol. The second kappa shape index (κ2) is 10.0. The lowest BCUT2D eigenvalue weighted by atomic mass is 9.79. The molecule has 2 aliphatic carbocycles. The van der Waals surface area contributed by atoms with Crippen molar-refractivity contribution in [2.75, 3.05) is 10.6 Å². The highest BCUT2D eigenvalue weighted by atomic mass is 16.4. The predicted molar refractivity (Wildman–Crippen MR) is 141 cm³/mol. The highest BCUT2D eigenvalue weighted by molar-refractivity contribution is 6.32. The SMILES string of the molecule is O=C(O)CC1(CC(=O)Nc2cccc3c2C(=O)c2cccc(NC(=O)c4ccccc4)c2C3=O)CCCC1. The normalized spacial score (nSPS) is 15.4. The van der Waals surface area contributed by atoms with Crippen molar-refractivity contribution in [1.29, 1.82) is 0 Å². The molecule has 1 fully saturated rings. The van der Waals surface area contributed by atoms with Gasteiger partial charge in [0.2, 0.25) is 5.91 Å². The first-order chi connectivity index (χ1) is 18.3. The van der Waals surface area contributed by atoms with Crippen LogP contribution in [0.5, 0.6) is 0 Å². The van der Waals surface area contributed by atoms with E-state index in [4.69, 9.17) is 0 Å². The van der Waals surface area contributed by atoms with E-state index in [-0.39, 0.29) is 46.5 Å². The molecule has 0 bridgehead atoms. The Hall–Kier alpha value is -4.59. The van der Waals surface area contributed by atoms with Gasteiger partial charge in [-0.05, 0) is 42.5 Å². The molecule has 0 radical (unpaired) electrons. The number of anilines is 2. The molecule has 0 spiro atoms.